The molecule has 2 nitrogen and oxygen atoms in total. The lowest BCUT2D eigenvalue weighted by atomic mass is 9.60. The van der Waals surface area contributed by atoms with Gasteiger partial charge in [0, 0.05) is 39.1 Å². The van der Waals surface area contributed by atoms with Gasteiger partial charge in [-0.15, -0.1) is 0 Å². The van der Waals surface area contributed by atoms with Gasteiger partial charge in [0.15, 0.2) is 8.07 Å². The van der Waals surface area contributed by atoms with E-state index in [4.69, 9.17) is 4.42 Å². The van der Waals surface area contributed by atoms with Gasteiger partial charge in [0.25, 0.3) is 0 Å². The van der Waals surface area contributed by atoms with E-state index in [1.807, 2.05) is 0 Å². The molecule has 0 aliphatic heterocycles. The number of hydrogen-bond acceptors (Lipinski definition) is 1. The zero-order chi connectivity index (χ0) is 54.6. The van der Waals surface area contributed by atoms with Gasteiger partial charge < -0.3 is 8.98 Å². The predicted octanol–water partition coefficient (Wildman–Crippen LogP) is 17.7. The third-order valence-electron chi connectivity index (χ3n) is 18.3. The van der Waals surface area contributed by atoms with Crippen LogP contribution in [0.15, 0.2) is 314 Å². The highest BCUT2D eigenvalue weighted by Gasteiger charge is 2.50. The van der Waals surface area contributed by atoms with Gasteiger partial charge in [-0.05, 0) is 135 Å². The van der Waals surface area contributed by atoms with Crippen LogP contribution in [-0.4, -0.2) is 12.6 Å². The number of benzene rings is 13. The van der Waals surface area contributed by atoms with Crippen molar-refractivity contribution in [1.29, 1.82) is 0 Å². The molecule has 0 radical (unpaired) electrons. The fraction of sp³-hybridized carbons (Fsp3) is 0.0250. The zero-order valence-electron chi connectivity index (χ0n) is 45.5. The molecule has 0 N–H and O–H groups in total. The summed E-state index contributed by atoms with van der Waals surface area (Å²) >= 11 is 0. The third kappa shape index (κ3) is 7.15. The molecule has 0 saturated carbocycles. The molecule has 3 aliphatic carbocycles. The van der Waals surface area contributed by atoms with Crippen molar-refractivity contribution in [2.75, 3.05) is 0 Å². The highest BCUT2D eigenvalue weighted by Crippen LogP contribution is 2.58. The summed E-state index contributed by atoms with van der Waals surface area (Å²) < 4.78 is 8.95. The lowest BCUT2D eigenvalue weighted by molar-refractivity contribution is 0.669. The zero-order valence-corrected chi connectivity index (χ0v) is 46.5. The summed E-state index contributed by atoms with van der Waals surface area (Å²) in [7, 11) is -3.24. The Hall–Kier alpha value is -10.3. The van der Waals surface area contributed by atoms with Crippen LogP contribution in [0.25, 0.3) is 93.9 Å². The van der Waals surface area contributed by atoms with Crippen LogP contribution >= 0.6 is 0 Å². The number of fused-ring (bicyclic) bond motifs is 6. The third-order valence-corrected chi connectivity index (χ3v) is 23.1. The molecule has 83 heavy (non-hydrogen) atoms. The maximum absolute atomic E-state index is 6.46. The Bertz CT molecular complexity index is 4970. The van der Waals surface area contributed by atoms with Crippen LogP contribution in [0.3, 0.4) is 0 Å². The van der Waals surface area contributed by atoms with Crippen LogP contribution < -0.4 is 20.7 Å². The SMILES string of the molecule is c1ccc(-c2cccc([Si](c3ccccc3)(c3cccc(-c4ccccc4)c3)c3cccc4c3C3c5ccccc5C4c4cccc(-c5cccc(-n6c7ccccc7c7c(-c8cccc9oc%10ccccc%10c89)cccc76)c5)c43)c2)cc1. The quantitative estimate of drug-likeness (QED) is 0.104. The lowest BCUT2D eigenvalue weighted by Crippen LogP contribution is -2.75. The molecule has 0 spiro atoms. The van der Waals surface area contributed by atoms with Crippen molar-refractivity contribution in [3.05, 3.63) is 343 Å². The standard InChI is InChI=1S/C80H53NOSi/c1-4-23-52(24-5-1)54-27-17-33-59(50-54)83(58-31-8-3-9-32-58,60-34-18-28-55(51-60)53-25-6-2-7-26-53)74-48-22-43-69-75-62-35-10-11-36-65(62)80(79(69)74)78-61(39-19-42-68(75)78)56-29-16-30-57(49-56)81-70-44-14-12-37-66(70)76-63(40-20-45-71(76)81)64-41-21-47-73-77(64)67-38-13-15-46-72(67)82-73/h1-51,75,80H. The average Bonchev–Trinajstić information content (AvgIpc) is 1.88. The summed E-state index contributed by atoms with van der Waals surface area (Å²) in [5, 5.41) is 10.3. The molecule has 0 saturated heterocycles. The van der Waals surface area contributed by atoms with Gasteiger partial charge >= 0.3 is 0 Å². The summed E-state index contributed by atoms with van der Waals surface area (Å²) in [6, 6.07) is 116. The summed E-state index contributed by atoms with van der Waals surface area (Å²) in [5.41, 5.74) is 23.5. The Kier molecular flexibility index (Phi) is 10.8. The van der Waals surface area contributed by atoms with E-state index in [9.17, 15) is 0 Å². The van der Waals surface area contributed by atoms with Crippen molar-refractivity contribution >= 4 is 72.6 Å². The van der Waals surface area contributed by atoms with Crippen LogP contribution in [0.1, 0.15) is 45.2 Å². The van der Waals surface area contributed by atoms with E-state index in [0.29, 0.717) is 0 Å². The van der Waals surface area contributed by atoms with E-state index < -0.39 is 8.07 Å². The fourth-order valence-corrected chi connectivity index (χ4v) is 20.1. The number of rotatable bonds is 9. The second-order valence-corrected chi connectivity index (χ2v) is 26.3. The van der Waals surface area contributed by atoms with Crippen LogP contribution in [0.4, 0.5) is 0 Å². The van der Waals surface area contributed by atoms with E-state index in [1.54, 1.807) is 0 Å². The Morgan fingerprint density at radius 3 is 1.51 bits per heavy atom. The number of hydrogen-bond donors (Lipinski definition) is 0. The largest absolute Gasteiger partial charge is 0.456 e. The fourth-order valence-electron chi connectivity index (χ4n) is 15.0. The lowest BCUT2D eigenvalue weighted by Gasteiger charge is -2.47. The minimum absolute atomic E-state index is 0.0417. The first-order valence-electron chi connectivity index (χ1n) is 29.0. The molecule has 2 unspecified atom stereocenters. The van der Waals surface area contributed by atoms with Crippen molar-refractivity contribution in [2.45, 2.75) is 11.8 Å². The second kappa shape index (κ2) is 18.9. The molecule has 2 aromatic heterocycles. The molecule has 2 heterocycles. The van der Waals surface area contributed by atoms with Crippen molar-refractivity contribution < 1.29 is 4.42 Å². The molecule has 2 bridgehead atoms. The Balaban J connectivity index is 0.899. The molecule has 0 amide bonds. The minimum Gasteiger partial charge on any atom is -0.456 e. The first-order valence-corrected chi connectivity index (χ1v) is 31.0. The number of aromatic nitrogens is 1. The molecule has 3 heteroatoms. The van der Waals surface area contributed by atoms with Crippen LogP contribution in [-0.2, 0) is 0 Å². The number of furan rings is 1. The molecule has 18 rings (SSSR count). The van der Waals surface area contributed by atoms with Crippen molar-refractivity contribution in [2.24, 2.45) is 0 Å². The molecular weight excluding hydrogens is 1020 g/mol. The van der Waals surface area contributed by atoms with Gasteiger partial charge in [0.2, 0.25) is 0 Å². The molecule has 3 aliphatic rings. The summed E-state index contributed by atoms with van der Waals surface area (Å²) in [5.74, 6) is 0.00517. The van der Waals surface area contributed by atoms with Crippen molar-refractivity contribution in [3.8, 4) is 50.2 Å². The van der Waals surface area contributed by atoms with Gasteiger partial charge in [-0.3, -0.25) is 0 Å². The monoisotopic (exact) mass is 1070 g/mol. The van der Waals surface area contributed by atoms with Crippen molar-refractivity contribution in [3.63, 3.8) is 0 Å². The highest BCUT2D eigenvalue weighted by atomic mass is 28.3. The molecule has 15 aromatic rings. The molecular formula is C80H53NOSi. The predicted molar refractivity (Wildman–Crippen MR) is 348 cm³/mol. The van der Waals surface area contributed by atoms with Gasteiger partial charge in [0.1, 0.15) is 11.2 Å². The summed E-state index contributed by atoms with van der Waals surface area (Å²) in [4.78, 5) is 0. The van der Waals surface area contributed by atoms with E-state index in [2.05, 4.69) is 314 Å². The highest BCUT2D eigenvalue weighted by molar-refractivity contribution is 7.20. The van der Waals surface area contributed by atoms with E-state index in [1.165, 1.54) is 120 Å². The normalized spacial score (nSPS) is 14.3. The molecule has 2 atom stereocenters. The van der Waals surface area contributed by atoms with Gasteiger partial charge in [-0.1, -0.05) is 273 Å². The Morgan fingerprint density at radius 1 is 0.289 bits per heavy atom. The first kappa shape index (κ1) is 47.5. The van der Waals surface area contributed by atoms with Crippen LogP contribution in [0.2, 0.25) is 0 Å². The molecule has 388 valence electrons. The van der Waals surface area contributed by atoms with E-state index >= 15 is 0 Å². The topological polar surface area (TPSA) is 18.1 Å². The number of nitrogens with zero attached hydrogens (tertiary/aromatic N) is 1. The minimum atomic E-state index is -3.24. The molecule has 0 fully saturated rings. The smallest absolute Gasteiger partial charge is 0.179 e. The van der Waals surface area contributed by atoms with Gasteiger partial charge in [0.05, 0.1) is 11.0 Å². The maximum atomic E-state index is 6.46. The second-order valence-electron chi connectivity index (χ2n) is 22.5. The average molecular weight is 1070 g/mol. The van der Waals surface area contributed by atoms with Gasteiger partial charge in [-0.2, -0.15) is 0 Å². The van der Waals surface area contributed by atoms with Crippen molar-refractivity contribution in [1.82, 2.24) is 4.57 Å². The van der Waals surface area contributed by atoms with Crippen LogP contribution in [0.5, 0.6) is 0 Å². The Labute approximate surface area is 483 Å². The summed E-state index contributed by atoms with van der Waals surface area (Å²) in [6.45, 7) is 0. The number of para-hydroxylation sites is 2. The van der Waals surface area contributed by atoms with Crippen LogP contribution in [0, 0.1) is 0 Å². The van der Waals surface area contributed by atoms with E-state index in [0.717, 1.165) is 27.6 Å². The van der Waals surface area contributed by atoms with E-state index in [-0.39, 0.29) is 11.8 Å². The maximum Gasteiger partial charge on any atom is 0.179 e. The molecule has 13 aromatic carbocycles. The Morgan fingerprint density at radius 2 is 0.771 bits per heavy atom. The summed E-state index contributed by atoms with van der Waals surface area (Å²) in [6.07, 6.45) is 0. The van der Waals surface area contributed by atoms with Gasteiger partial charge in [-0.25, -0.2) is 0 Å². The first-order chi connectivity index (χ1) is 41.2.